The molecule has 1 aliphatic heterocycles. The molecule has 8 nitrogen and oxygen atoms in total. The van der Waals surface area contributed by atoms with E-state index in [0.29, 0.717) is 23.7 Å². The lowest BCUT2D eigenvalue weighted by molar-refractivity contribution is 0.0597. The number of hydrogen-bond donors (Lipinski definition) is 1. The van der Waals surface area contributed by atoms with Crippen molar-refractivity contribution in [1.82, 2.24) is 4.90 Å². The van der Waals surface area contributed by atoms with Gasteiger partial charge in [0.05, 0.1) is 41.6 Å². The number of nitrogen functional groups attached to an aromatic ring is 1. The van der Waals surface area contributed by atoms with E-state index >= 15 is 0 Å². The van der Waals surface area contributed by atoms with Gasteiger partial charge in [0.1, 0.15) is 9.84 Å². The Labute approximate surface area is 166 Å². The van der Waals surface area contributed by atoms with Crippen LogP contribution in [0.5, 0.6) is 11.5 Å². The Kier molecular flexibility index (Phi) is 5.35. The van der Waals surface area contributed by atoms with Crippen molar-refractivity contribution >= 4 is 38.0 Å². The Bertz CT molecular complexity index is 1040. The molecule has 0 saturated carbocycles. The average Bonchev–Trinajstić information content (AvgIpc) is 3.12. The summed E-state index contributed by atoms with van der Waals surface area (Å²) < 4.78 is 34.9. The molecule has 10 heteroatoms. The number of thiophene rings is 1. The van der Waals surface area contributed by atoms with Crippen molar-refractivity contribution in [3.63, 3.8) is 0 Å². The summed E-state index contributed by atoms with van der Waals surface area (Å²) in [7, 11) is -2.04. The van der Waals surface area contributed by atoms with Gasteiger partial charge in [-0.3, -0.25) is 14.5 Å². The number of hydrogen-bond acceptors (Lipinski definition) is 8. The highest BCUT2D eigenvalue weighted by Crippen LogP contribution is 2.39. The maximum absolute atomic E-state index is 12.9. The third-order valence-electron chi connectivity index (χ3n) is 4.35. The van der Waals surface area contributed by atoms with Gasteiger partial charge in [-0.25, -0.2) is 8.42 Å². The molecular weight excluding hydrogens is 404 g/mol. The molecule has 0 bridgehead atoms. The van der Waals surface area contributed by atoms with Crippen LogP contribution in [0.2, 0.25) is 0 Å². The van der Waals surface area contributed by atoms with E-state index in [1.807, 2.05) is 0 Å². The van der Waals surface area contributed by atoms with Crippen molar-refractivity contribution in [2.24, 2.45) is 0 Å². The number of rotatable bonds is 7. The summed E-state index contributed by atoms with van der Waals surface area (Å²) >= 11 is 1.11. The topological polar surface area (TPSA) is 116 Å². The summed E-state index contributed by atoms with van der Waals surface area (Å²) in [4.78, 5) is 26.7. The van der Waals surface area contributed by atoms with Crippen molar-refractivity contribution in [3.05, 3.63) is 40.3 Å². The van der Waals surface area contributed by atoms with Gasteiger partial charge in [-0.1, -0.05) is 6.07 Å². The predicted molar refractivity (Wildman–Crippen MR) is 106 cm³/mol. The fourth-order valence-corrected chi connectivity index (χ4v) is 4.85. The maximum Gasteiger partial charge on any atom is 0.265 e. The Morgan fingerprint density at radius 1 is 1.21 bits per heavy atom. The number of sulfone groups is 1. The Morgan fingerprint density at radius 2 is 1.93 bits per heavy atom. The van der Waals surface area contributed by atoms with Crippen molar-refractivity contribution in [3.8, 4) is 11.5 Å². The molecule has 0 spiro atoms. The number of amides is 2. The van der Waals surface area contributed by atoms with Crippen LogP contribution in [0.4, 0.5) is 5.00 Å². The highest BCUT2D eigenvalue weighted by Gasteiger charge is 2.44. The predicted octanol–water partition coefficient (Wildman–Crippen LogP) is 2.12. The van der Waals surface area contributed by atoms with Gasteiger partial charge < -0.3 is 15.2 Å². The average molecular weight is 425 g/mol. The zero-order chi connectivity index (χ0) is 20.6. The van der Waals surface area contributed by atoms with Crippen LogP contribution in [0.15, 0.2) is 23.6 Å². The minimum atomic E-state index is -3.52. The standard InChI is InChI=1S/C18H20N2O6S2/c1-4-26-14-7-10(5-6-13(14)25-2)12(9-28(3,23)24)20-17(21)11-8-27-16(19)15(11)18(20)22/h5-8,12H,4,9,19H2,1-3H3/t12-/m0/s1. The maximum atomic E-state index is 12.9. The summed E-state index contributed by atoms with van der Waals surface area (Å²) in [6, 6.07) is 3.81. The second-order valence-corrected chi connectivity index (χ2v) is 9.42. The molecule has 28 heavy (non-hydrogen) atoms. The molecule has 1 aliphatic rings. The third kappa shape index (κ3) is 3.57. The monoisotopic (exact) mass is 424 g/mol. The molecule has 150 valence electrons. The first-order chi connectivity index (χ1) is 13.2. The lowest BCUT2D eigenvalue weighted by Gasteiger charge is -2.27. The number of carbonyl (C=O) groups excluding carboxylic acids is 2. The third-order valence-corrected chi connectivity index (χ3v) is 6.08. The molecule has 1 aromatic heterocycles. The van der Waals surface area contributed by atoms with Crippen LogP contribution in [-0.4, -0.2) is 50.9 Å². The summed E-state index contributed by atoms with van der Waals surface area (Å²) in [6.07, 6.45) is 1.06. The number of ether oxygens (including phenoxy) is 2. The van der Waals surface area contributed by atoms with Crippen molar-refractivity contribution in [2.75, 3.05) is 31.5 Å². The number of nitrogens with zero attached hydrogens (tertiary/aromatic N) is 1. The number of fused-ring (bicyclic) bond motifs is 1. The second kappa shape index (κ2) is 7.44. The molecular formula is C18H20N2O6S2. The minimum absolute atomic E-state index is 0.132. The van der Waals surface area contributed by atoms with E-state index in [1.165, 1.54) is 12.5 Å². The Morgan fingerprint density at radius 3 is 2.50 bits per heavy atom. The molecule has 2 N–H and O–H groups in total. The fourth-order valence-electron chi connectivity index (χ4n) is 3.15. The van der Waals surface area contributed by atoms with Crippen LogP contribution in [0.25, 0.3) is 0 Å². The number of methoxy groups -OCH3 is 1. The molecule has 0 aliphatic carbocycles. The van der Waals surface area contributed by atoms with Crippen molar-refractivity contribution < 1.29 is 27.5 Å². The van der Waals surface area contributed by atoms with E-state index < -0.39 is 33.4 Å². The smallest absolute Gasteiger partial charge is 0.265 e. The quantitative estimate of drug-likeness (QED) is 0.677. The molecule has 2 heterocycles. The fraction of sp³-hybridized carbons (Fsp3) is 0.333. The molecule has 1 aromatic carbocycles. The largest absolute Gasteiger partial charge is 0.493 e. The van der Waals surface area contributed by atoms with E-state index in [2.05, 4.69) is 0 Å². The number of carbonyl (C=O) groups is 2. The van der Waals surface area contributed by atoms with Gasteiger partial charge in [0.25, 0.3) is 11.8 Å². The molecule has 0 radical (unpaired) electrons. The van der Waals surface area contributed by atoms with Crippen LogP contribution in [-0.2, 0) is 9.84 Å². The van der Waals surface area contributed by atoms with Gasteiger partial charge in [-0.2, -0.15) is 0 Å². The number of benzene rings is 1. The first-order valence-electron chi connectivity index (χ1n) is 8.41. The van der Waals surface area contributed by atoms with Crippen LogP contribution in [0, 0.1) is 0 Å². The van der Waals surface area contributed by atoms with E-state index in [9.17, 15) is 18.0 Å². The Hall–Kier alpha value is -2.59. The summed E-state index contributed by atoms with van der Waals surface area (Å²) in [5.41, 5.74) is 6.62. The molecule has 2 aromatic rings. The second-order valence-electron chi connectivity index (χ2n) is 6.32. The first kappa shape index (κ1) is 20.2. The van der Waals surface area contributed by atoms with Crippen LogP contribution in [0.3, 0.4) is 0 Å². The van der Waals surface area contributed by atoms with Gasteiger partial charge in [-0.05, 0) is 24.6 Å². The van der Waals surface area contributed by atoms with Crippen LogP contribution >= 0.6 is 11.3 Å². The zero-order valence-electron chi connectivity index (χ0n) is 15.6. The molecule has 0 saturated heterocycles. The molecule has 2 amide bonds. The number of nitrogens with two attached hydrogens (primary N) is 1. The normalized spacial score (nSPS) is 14.9. The molecule has 0 unspecified atom stereocenters. The highest BCUT2D eigenvalue weighted by molar-refractivity contribution is 7.90. The lowest BCUT2D eigenvalue weighted by Crippen LogP contribution is -2.38. The minimum Gasteiger partial charge on any atom is -0.493 e. The van der Waals surface area contributed by atoms with Crippen molar-refractivity contribution in [1.29, 1.82) is 0 Å². The summed E-state index contributed by atoms with van der Waals surface area (Å²) in [5.74, 6) is -0.716. The number of anilines is 1. The molecule has 3 rings (SSSR count). The van der Waals surface area contributed by atoms with Crippen molar-refractivity contribution in [2.45, 2.75) is 13.0 Å². The van der Waals surface area contributed by atoms with Gasteiger partial charge in [-0.15, -0.1) is 11.3 Å². The van der Waals surface area contributed by atoms with E-state index in [0.717, 1.165) is 22.5 Å². The zero-order valence-corrected chi connectivity index (χ0v) is 17.2. The lowest BCUT2D eigenvalue weighted by atomic mass is 10.1. The number of imide groups is 1. The van der Waals surface area contributed by atoms with E-state index in [-0.39, 0.29) is 16.1 Å². The van der Waals surface area contributed by atoms with Crippen LogP contribution < -0.4 is 15.2 Å². The van der Waals surface area contributed by atoms with E-state index in [1.54, 1.807) is 25.1 Å². The first-order valence-corrected chi connectivity index (χ1v) is 11.3. The molecule has 1 atom stereocenters. The van der Waals surface area contributed by atoms with Gasteiger partial charge >= 0.3 is 0 Å². The SMILES string of the molecule is CCOc1cc([C@H](CS(C)(=O)=O)N2C(=O)c3csc(N)c3C2=O)ccc1OC. The summed E-state index contributed by atoms with van der Waals surface area (Å²) in [5, 5.41) is 1.75. The van der Waals surface area contributed by atoms with Gasteiger partial charge in [0, 0.05) is 11.6 Å². The van der Waals surface area contributed by atoms with Crippen LogP contribution in [0.1, 0.15) is 39.2 Å². The van der Waals surface area contributed by atoms with E-state index in [4.69, 9.17) is 15.2 Å². The Balaban J connectivity index is 2.10. The summed E-state index contributed by atoms with van der Waals surface area (Å²) in [6.45, 7) is 2.17. The highest BCUT2D eigenvalue weighted by atomic mass is 32.2. The van der Waals surface area contributed by atoms with Gasteiger partial charge in [0.2, 0.25) is 0 Å². The molecule has 0 fully saturated rings. The van der Waals surface area contributed by atoms with Gasteiger partial charge in [0.15, 0.2) is 11.5 Å².